The summed E-state index contributed by atoms with van der Waals surface area (Å²) in [7, 11) is 1.63. The number of nitrogen functional groups attached to an aromatic ring is 1. The standard InChI is InChI=1S/C27H31N3O3S/c1-27(2)14-18-21(19(31)15-27)20(16-8-10-17(33-3)11-9-16)22-23(28)24(34-25(22)29-18)26(32)30-12-6-4-5-7-13-30/h8-11H,4-7,12-15,28H2,1-3H3. The van der Waals surface area contributed by atoms with Crippen LogP contribution in [0.15, 0.2) is 24.3 Å². The van der Waals surface area contributed by atoms with Crippen LogP contribution in [-0.2, 0) is 6.42 Å². The predicted molar refractivity (Wildman–Crippen MR) is 137 cm³/mol. The molecule has 34 heavy (non-hydrogen) atoms. The Morgan fingerprint density at radius 3 is 2.38 bits per heavy atom. The molecule has 3 aromatic rings. The maximum atomic E-state index is 13.5. The molecule has 1 aliphatic heterocycles. The van der Waals surface area contributed by atoms with E-state index < -0.39 is 0 Å². The summed E-state index contributed by atoms with van der Waals surface area (Å²) < 4.78 is 5.34. The Kier molecular flexibility index (Phi) is 5.84. The summed E-state index contributed by atoms with van der Waals surface area (Å²) in [5.74, 6) is 0.802. The van der Waals surface area contributed by atoms with Crippen molar-refractivity contribution in [2.24, 2.45) is 5.41 Å². The van der Waals surface area contributed by atoms with E-state index >= 15 is 0 Å². The van der Waals surface area contributed by atoms with Crippen LogP contribution in [-0.4, -0.2) is 41.8 Å². The average Bonchev–Trinajstić information content (AvgIpc) is 2.97. The minimum absolute atomic E-state index is 0.0206. The molecule has 7 heteroatoms. The number of anilines is 1. The van der Waals surface area contributed by atoms with Crippen LogP contribution in [0.2, 0.25) is 0 Å². The molecular weight excluding hydrogens is 446 g/mol. The first-order valence-corrected chi connectivity index (χ1v) is 12.8. The van der Waals surface area contributed by atoms with Crippen molar-refractivity contribution in [2.45, 2.75) is 52.4 Å². The summed E-state index contributed by atoms with van der Waals surface area (Å²) in [5.41, 5.74) is 10.1. The number of carbonyl (C=O) groups is 2. The molecule has 0 atom stereocenters. The lowest BCUT2D eigenvalue weighted by molar-refractivity contribution is 0.0767. The maximum Gasteiger partial charge on any atom is 0.266 e. The number of ketones is 1. The van der Waals surface area contributed by atoms with Gasteiger partial charge in [-0.2, -0.15) is 0 Å². The fourth-order valence-corrected chi connectivity index (χ4v) is 6.38. The zero-order valence-electron chi connectivity index (χ0n) is 20.1. The number of Topliss-reactive ketones (excluding diaryl/α,β-unsaturated/α-hetero) is 1. The van der Waals surface area contributed by atoms with Gasteiger partial charge < -0.3 is 15.4 Å². The van der Waals surface area contributed by atoms with Gasteiger partial charge in [-0.05, 0) is 42.4 Å². The number of nitrogens with two attached hydrogens (primary N) is 1. The van der Waals surface area contributed by atoms with Crippen LogP contribution in [0.25, 0.3) is 21.3 Å². The summed E-state index contributed by atoms with van der Waals surface area (Å²) in [6.07, 6.45) is 5.51. The molecule has 1 saturated heterocycles. The van der Waals surface area contributed by atoms with Crippen molar-refractivity contribution in [1.29, 1.82) is 0 Å². The van der Waals surface area contributed by atoms with Crippen LogP contribution < -0.4 is 10.5 Å². The largest absolute Gasteiger partial charge is 0.497 e. The van der Waals surface area contributed by atoms with Crippen LogP contribution in [0.4, 0.5) is 5.69 Å². The highest BCUT2D eigenvalue weighted by Gasteiger charge is 2.36. The Balaban J connectivity index is 1.73. The van der Waals surface area contributed by atoms with Gasteiger partial charge in [-0.15, -0.1) is 11.3 Å². The lowest BCUT2D eigenvalue weighted by Gasteiger charge is -2.31. The Labute approximate surface area is 204 Å². The summed E-state index contributed by atoms with van der Waals surface area (Å²) in [4.78, 5) is 35.1. The lowest BCUT2D eigenvalue weighted by Crippen LogP contribution is -2.31. The molecule has 1 fully saturated rings. The van der Waals surface area contributed by atoms with Crippen molar-refractivity contribution >= 4 is 38.9 Å². The van der Waals surface area contributed by atoms with Crippen molar-refractivity contribution < 1.29 is 14.3 Å². The maximum absolute atomic E-state index is 13.5. The van der Waals surface area contributed by atoms with Crippen LogP contribution in [0, 0.1) is 5.41 Å². The number of hydrogen-bond acceptors (Lipinski definition) is 6. The minimum atomic E-state index is -0.157. The van der Waals surface area contributed by atoms with Crippen molar-refractivity contribution in [2.75, 3.05) is 25.9 Å². The van der Waals surface area contributed by atoms with Gasteiger partial charge in [0, 0.05) is 36.0 Å². The molecular formula is C27H31N3O3S. The normalized spacial score (nSPS) is 18.0. The number of thiophene rings is 1. The van der Waals surface area contributed by atoms with Gasteiger partial charge in [0.1, 0.15) is 15.5 Å². The van der Waals surface area contributed by atoms with Crippen LogP contribution >= 0.6 is 11.3 Å². The number of aromatic nitrogens is 1. The quantitative estimate of drug-likeness (QED) is 0.521. The number of amides is 1. The number of pyridine rings is 1. The molecule has 1 aliphatic carbocycles. The van der Waals surface area contributed by atoms with E-state index in [-0.39, 0.29) is 17.1 Å². The van der Waals surface area contributed by atoms with Gasteiger partial charge in [-0.25, -0.2) is 4.98 Å². The summed E-state index contributed by atoms with van der Waals surface area (Å²) >= 11 is 1.36. The molecule has 0 radical (unpaired) electrons. The Bertz CT molecular complexity index is 1270. The van der Waals surface area contributed by atoms with E-state index in [0.717, 1.165) is 71.6 Å². The monoisotopic (exact) mass is 477 g/mol. The zero-order valence-corrected chi connectivity index (χ0v) is 20.9. The fraction of sp³-hybridized carbons (Fsp3) is 0.444. The highest BCUT2D eigenvalue weighted by atomic mass is 32.1. The second kappa shape index (κ2) is 8.69. The second-order valence-corrected chi connectivity index (χ2v) is 11.2. The zero-order chi connectivity index (χ0) is 24.0. The molecule has 0 bridgehead atoms. The van der Waals surface area contributed by atoms with Gasteiger partial charge >= 0.3 is 0 Å². The number of carbonyl (C=O) groups excluding carboxylic acids is 2. The van der Waals surface area contributed by atoms with Crippen molar-refractivity contribution in [3.8, 4) is 16.9 Å². The third-order valence-electron chi connectivity index (χ3n) is 6.98. The summed E-state index contributed by atoms with van der Waals surface area (Å²) in [5, 5.41) is 0.722. The first kappa shape index (κ1) is 22.8. The Morgan fingerprint density at radius 2 is 1.74 bits per heavy atom. The predicted octanol–water partition coefficient (Wildman–Crippen LogP) is 5.73. The molecule has 178 valence electrons. The van der Waals surface area contributed by atoms with Crippen LogP contribution in [0.3, 0.4) is 0 Å². The summed E-state index contributed by atoms with van der Waals surface area (Å²) in [6, 6.07) is 7.68. The number of nitrogens with zero attached hydrogens (tertiary/aromatic N) is 2. The number of ether oxygens (including phenoxy) is 1. The van der Waals surface area contributed by atoms with E-state index in [1.807, 2.05) is 29.2 Å². The van der Waals surface area contributed by atoms with Crippen molar-refractivity contribution in [3.05, 3.63) is 40.4 Å². The molecule has 6 nitrogen and oxygen atoms in total. The van der Waals surface area contributed by atoms with Gasteiger partial charge in [0.25, 0.3) is 5.91 Å². The number of fused-ring (bicyclic) bond motifs is 2. The molecule has 0 unspecified atom stereocenters. The topological polar surface area (TPSA) is 85.5 Å². The molecule has 2 aliphatic rings. The van der Waals surface area contributed by atoms with Crippen molar-refractivity contribution in [3.63, 3.8) is 0 Å². The summed E-state index contributed by atoms with van der Waals surface area (Å²) in [6.45, 7) is 5.72. The molecule has 3 heterocycles. The SMILES string of the molecule is COc1ccc(-c2c3c(nc4sc(C(=O)N5CCCCCC5)c(N)c24)CC(C)(C)CC3=O)cc1. The van der Waals surface area contributed by atoms with Gasteiger partial charge in [0.05, 0.1) is 18.5 Å². The number of benzene rings is 1. The number of likely N-dealkylation sites (tertiary alicyclic amines) is 1. The third-order valence-corrected chi connectivity index (χ3v) is 8.07. The van der Waals surface area contributed by atoms with E-state index in [4.69, 9.17) is 15.5 Å². The molecule has 1 aromatic carbocycles. The minimum Gasteiger partial charge on any atom is -0.497 e. The smallest absolute Gasteiger partial charge is 0.266 e. The molecule has 2 N–H and O–H groups in total. The van der Waals surface area contributed by atoms with Gasteiger partial charge in [0.2, 0.25) is 0 Å². The van der Waals surface area contributed by atoms with E-state index in [9.17, 15) is 9.59 Å². The van der Waals surface area contributed by atoms with Gasteiger partial charge in [-0.3, -0.25) is 9.59 Å². The number of rotatable bonds is 3. The lowest BCUT2D eigenvalue weighted by atomic mass is 9.73. The van der Waals surface area contributed by atoms with Crippen molar-refractivity contribution in [1.82, 2.24) is 9.88 Å². The first-order valence-electron chi connectivity index (χ1n) is 12.0. The number of hydrogen-bond donors (Lipinski definition) is 1. The van der Waals surface area contributed by atoms with Gasteiger partial charge in [0.15, 0.2) is 5.78 Å². The molecule has 0 spiro atoms. The molecule has 1 amide bonds. The van der Waals surface area contributed by atoms with E-state index in [2.05, 4.69) is 13.8 Å². The highest BCUT2D eigenvalue weighted by molar-refractivity contribution is 7.21. The molecule has 0 saturated carbocycles. The second-order valence-electron chi connectivity index (χ2n) is 10.2. The van der Waals surface area contributed by atoms with Crippen LogP contribution in [0.1, 0.15) is 71.7 Å². The van der Waals surface area contributed by atoms with E-state index in [0.29, 0.717) is 29.0 Å². The Hall–Kier alpha value is -2.93. The highest BCUT2D eigenvalue weighted by Crippen LogP contribution is 2.46. The molecule has 2 aromatic heterocycles. The Morgan fingerprint density at radius 1 is 1.06 bits per heavy atom. The first-order chi connectivity index (χ1) is 16.3. The van der Waals surface area contributed by atoms with E-state index in [1.54, 1.807) is 7.11 Å². The third kappa shape index (κ3) is 3.96. The fourth-order valence-electron chi connectivity index (χ4n) is 5.29. The molecule has 5 rings (SSSR count). The van der Waals surface area contributed by atoms with Crippen LogP contribution in [0.5, 0.6) is 5.75 Å². The average molecular weight is 478 g/mol. The number of methoxy groups -OCH3 is 1. The van der Waals surface area contributed by atoms with E-state index in [1.165, 1.54) is 11.3 Å². The van der Waals surface area contributed by atoms with Gasteiger partial charge in [-0.1, -0.05) is 38.8 Å².